The third-order valence-corrected chi connectivity index (χ3v) is 2.05. The summed E-state index contributed by atoms with van der Waals surface area (Å²) in [6.07, 6.45) is 1.69. The maximum absolute atomic E-state index is 9.69. The molecule has 0 aliphatic carbocycles. The maximum Gasteiger partial charge on any atom is 0.140 e. The van der Waals surface area contributed by atoms with Crippen molar-refractivity contribution in [1.29, 1.82) is 0 Å². The molecule has 2 heteroatoms. The molecule has 2 nitrogen and oxygen atoms in total. The lowest BCUT2D eigenvalue weighted by Crippen LogP contribution is -1.95. The highest BCUT2D eigenvalue weighted by Gasteiger charge is 2.09. The first kappa shape index (κ1) is 9.78. The lowest BCUT2D eigenvalue weighted by atomic mass is 10.0. The molecule has 0 aromatic carbocycles. The number of aryl methyl sites for hydroxylation is 1. The van der Waals surface area contributed by atoms with E-state index in [-0.39, 0.29) is 0 Å². The second kappa shape index (κ2) is 3.60. The number of pyridine rings is 1. The highest BCUT2D eigenvalue weighted by atomic mass is 16.3. The van der Waals surface area contributed by atoms with E-state index in [0.717, 1.165) is 11.3 Å². The Balaban J connectivity index is 3.32. The van der Waals surface area contributed by atoms with E-state index in [0.29, 0.717) is 17.4 Å². The van der Waals surface area contributed by atoms with E-state index in [2.05, 4.69) is 11.6 Å². The lowest BCUT2D eigenvalue weighted by molar-refractivity contribution is 0.457. The van der Waals surface area contributed by atoms with E-state index < -0.39 is 0 Å². The molecule has 0 fully saturated rings. The first-order valence-corrected chi connectivity index (χ1v) is 4.39. The van der Waals surface area contributed by atoms with Crippen molar-refractivity contribution >= 4 is 6.08 Å². The van der Waals surface area contributed by atoms with Gasteiger partial charge in [-0.15, -0.1) is 0 Å². The summed E-state index contributed by atoms with van der Waals surface area (Å²) in [5.74, 6) is 0.612. The molecule has 1 heterocycles. The van der Waals surface area contributed by atoms with Gasteiger partial charge in [0.05, 0.1) is 11.4 Å². The van der Waals surface area contributed by atoms with Crippen molar-refractivity contribution in [2.75, 3.05) is 0 Å². The summed E-state index contributed by atoms with van der Waals surface area (Å²) in [5.41, 5.74) is 2.42. The molecule has 0 saturated carbocycles. The summed E-state index contributed by atoms with van der Waals surface area (Å²) < 4.78 is 0. The standard InChI is InChI=1S/C11H15NO/c1-5-9-6-10(7(2)3)11(13)8(4)12-9/h5-7,13H,1H2,2-4H3. The number of aromatic hydroxyl groups is 1. The fraction of sp³-hybridized carbons (Fsp3) is 0.364. The summed E-state index contributed by atoms with van der Waals surface area (Å²) in [6.45, 7) is 9.54. The van der Waals surface area contributed by atoms with Crippen LogP contribution in [0.25, 0.3) is 6.08 Å². The first-order valence-electron chi connectivity index (χ1n) is 4.39. The molecule has 0 spiro atoms. The zero-order chi connectivity index (χ0) is 10.0. The SMILES string of the molecule is C=Cc1cc(C(C)C)c(O)c(C)n1. The molecule has 13 heavy (non-hydrogen) atoms. The molecule has 0 bridgehead atoms. The zero-order valence-electron chi connectivity index (χ0n) is 8.33. The van der Waals surface area contributed by atoms with Crippen LogP contribution in [0.1, 0.15) is 36.7 Å². The first-order chi connectivity index (χ1) is 6.06. The molecule has 0 radical (unpaired) electrons. The minimum absolute atomic E-state index is 0.306. The number of rotatable bonds is 2. The largest absolute Gasteiger partial charge is 0.506 e. The van der Waals surface area contributed by atoms with E-state index in [9.17, 15) is 5.11 Å². The fourth-order valence-corrected chi connectivity index (χ4v) is 1.26. The molecular weight excluding hydrogens is 162 g/mol. The van der Waals surface area contributed by atoms with Crippen molar-refractivity contribution < 1.29 is 5.11 Å². The molecule has 1 rings (SSSR count). The Hall–Kier alpha value is -1.31. The predicted molar refractivity (Wildman–Crippen MR) is 54.8 cm³/mol. The van der Waals surface area contributed by atoms with E-state index in [1.165, 1.54) is 0 Å². The van der Waals surface area contributed by atoms with Gasteiger partial charge in [-0.25, -0.2) is 4.98 Å². The average Bonchev–Trinajstić information content (AvgIpc) is 2.09. The van der Waals surface area contributed by atoms with Crippen molar-refractivity contribution in [2.24, 2.45) is 0 Å². The van der Waals surface area contributed by atoms with Gasteiger partial charge in [-0.1, -0.05) is 20.4 Å². The third-order valence-electron chi connectivity index (χ3n) is 2.05. The van der Waals surface area contributed by atoms with Crippen LogP contribution in [0.4, 0.5) is 0 Å². The van der Waals surface area contributed by atoms with Gasteiger partial charge < -0.3 is 5.11 Å². The van der Waals surface area contributed by atoms with Crippen LogP contribution in [-0.4, -0.2) is 10.1 Å². The number of hydrogen-bond acceptors (Lipinski definition) is 2. The predicted octanol–water partition coefficient (Wildman–Crippen LogP) is 2.86. The fourth-order valence-electron chi connectivity index (χ4n) is 1.26. The topological polar surface area (TPSA) is 33.1 Å². The Morgan fingerprint density at radius 1 is 1.54 bits per heavy atom. The van der Waals surface area contributed by atoms with Crippen molar-refractivity contribution in [2.45, 2.75) is 26.7 Å². The monoisotopic (exact) mass is 177 g/mol. The van der Waals surface area contributed by atoms with Crippen LogP contribution in [0.15, 0.2) is 12.6 Å². The van der Waals surface area contributed by atoms with Crippen molar-refractivity contribution in [3.8, 4) is 5.75 Å². The summed E-state index contributed by atoms with van der Waals surface area (Å²) in [7, 11) is 0. The molecule has 1 aromatic heterocycles. The second-order valence-corrected chi connectivity index (χ2v) is 3.43. The Kier molecular flexibility index (Phi) is 2.71. The van der Waals surface area contributed by atoms with E-state index in [4.69, 9.17) is 0 Å². The van der Waals surface area contributed by atoms with Crippen LogP contribution in [-0.2, 0) is 0 Å². The van der Waals surface area contributed by atoms with Gasteiger partial charge in [0, 0.05) is 5.56 Å². The van der Waals surface area contributed by atoms with Gasteiger partial charge in [0.25, 0.3) is 0 Å². The normalized spacial score (nSPS) is 10.5. The van der Waals surface area contributed by atoms with Gasteiger partial charge in [-0.3, -0.25) is 0 Å². The van der Waals surface area contributed by atoms with Gasteiger partial charge in [0.15, 0.2) is 0 Å². The molecule has 70 valence electrons. The summed E-state index contributed by atoms with van der Waals surface area (Å²) in [6, 6.07) is 1.88. The molecule has 0 atom stereocenters. The van der Waals surface area contributed by atoms with Gasteiger partial charge in [-0.2, -0.15) is 0 Å². The summed E-state index contributed by atoms with van der Waals surface area (Å²) in [4.78, 5) is 4.17. The van der Waals surface area contributed by atoms with Crippen LogP contribution >= 0.6 is 0 Å². The van der Waals surface area contributed by atoms with Gasteiger partial charge >= 0.3 is 0 Å². The van der Waals surface area contributed by atoms with Crippen LogP contribution in [0.3, 0.4) is 0 Å². The van der Waals surface area contributed by atoms with Crippen LogP contribution in [0, 0.1) is 6.92 Å². The Labute approximate surface area is 78.9 Å². The second-order valence-electron chi connectivity index (χ2n) is 3.43. The third kappa shape index (κ3) is 1.89. The van der Waals surface area contributed by atoms with Crippen molar-refractivity contribution in [3.05, 3.63) is 29.6 Å². The Morgan fingerprint density at radius 2 is 2.15 bits per heavy atom. The zero-order valence-corrected chi connectivity index (χ0v) is 8.33. The Morgan fingerprint density at radius 3 is 2.62 bits per heavy atom. The van der Waals surface area contributed by atoms with Gasteiger partial charge in [0.2, 0.25) is 0 Å². The molecule has 0 saturated heterocycles. The average molecular weight is 177 g/mol. The summed E-state index contributed by atoms with van der Waals surface area (Å²) >= 11 is 0. The number of hydrogen-bond donors (Lipinski definition) is 1. The van der Waals surface area contributed by atoms with Crippen LogP contribution in [0.5, 0.6) is 5.75 Å². The maximum atomic E-state index is 9.69. The lowest BCUT2D eigenvalue weighted by Gasteiger charge is -2.10. The highest BCUT2D eigenvalue weighted by Crippen LogP contribution is 2.28. The molecule has 0 aliphatic rings. The van der Waals surface area contributed by atoms with Crippen molar-refractivity contribution in [3.63, 3.8) is 0 Å². The van der Waals surface area contributed by atoms with E-state index in [1.807, 2.05) is 19.9 Å². The summed E-state index contributed by atoms with van der Waals surface area (Å²) in [5, 5.41) is 9.69. The van der Waals surface area contributed by atoms with Gasteiger partial charge in [0.1, 0.15) is 5.75 Å². The molecule has 1 N–H and O–H groups in total. The number of aromatic nitrogens is 1. The molecule has 1 aromatic rings. The minimum atomic E-state index is 0.306. The van der Waals surface area contributed by atoms with E-state index >= 15 is 0 Å². The minimum Gasteiger partial charge on any atom is -0.506 e. The Bertz CT molecular complexity index is 329. The molecule has 0 amide bonds. The van der Waals surface area contributed by atoms with Gasteiger partial charge in [-0.05, 0) is 25.0 Å². The quantitative estimate of drug-likeness (QED) is 0.753. The molecule has 0 aliphatic heterocycles. The van der Waals surface area contributed by atoms with Crippen LogP contribution in [0.2, 0.25) is 0 Å². The highest BCUT2D eigenvalue weighted by molar-refractivity contribution is 5.49. The van der Waals surface area contributed by atoms with E-state index in [1.54, 1.807) is 13.0 Å². The molecule has 0 unspecified atom stereocenters. The molecular formula is C11H15NO. The van der Waals surface area contributed by atoms with Crippen LogP contribution < -0.4 is 0 Å². The van der Waals surface area contributed by atoms with Crippen molar-refractivity contribution in [1.82, 2.24) is 4.98 Å². The smallest absolute Gasteiger partial charge is 0.140 e. The number of nitrogens with zero attached hydrogens (tertiary/aromatic N) is 1.